The lowest BCUT2D eigenvalue weighted by Crippen LogP contribution is -2.13. The molecule has 3 N–H and O–H groups in total. The van der Waals surface area contributed by atoms with E-state index in [0.717, 1.165) is 22.1 Å². The van der Waals surface area contributed by atoms with Crippen LogP contribution < -0.4 is 16.0 Å². The number of amides is 1. The standard InChI is InChI=1S/C14H17BrN4OS/c1-4-8-7-9(15)5-6-10(8)17-13(20)11-12(16)18-14(21-11)19(2)3/h5-7H,4,16H2,1-3H3,(H,17,20). The minimum atomic E-state index is -0.227. The molecule has 1 aromatic heterocycles. The van der Waals surface area contributed by atoms with Crippen molar-refractivity contribution in [1.29, 1.82) is 0 Å². The molecule has 0 bridgehead atoms. The van der Waals surface area contributed by atoms with Crippen LogP contribution >= 0.6 is 27.3 Å². The monoisotopic (exact) mass is 368 g/mol. The summed E-state index contributed by atoms with van der Waals surface area (Å²) in [6.45, 7) is 2.04. The molecule has 7 heteroatoms. The van der Waals surface area contributed by atoms with Gasteiger partial charge in [-0.05, 0) is 30.2 Å². The minimum Gasteiger partial charge on any atom is -0.382 e. The Balaban J connectivity index is 2.26. The fraction of sp³-hybridized carbons (Fsp3) is 0.286. The number of rotatable bonds is 4. The molecule has 2 rings (SSSR count). The Hall–Kier alpha value is -1.60. The Bertz CT molecular complexity index is 669. The number of carbonyl (C=O) groups excluding carboxylic acids is 1. The van der Waals surface area contributed by atoms with Gasteiger partial charge in [-0.1, -0.05) is 34.2 Å². The molecule has 0 spiro atoms. The highest BCUT2D eigenvalue weighted by Crippen LogP contribution is 2.28. The fourth-order valence-corrected chi connectivity index (χ4v) is 3.04. The van der Waals surface area contributed by atoms with E-state index in [1.54, 1.807) is 0 Å². The molecule has 1 aromatic carbocycles. The molecule has 2 aromatic rings. The lowest BCUT2D eigenvalue weighted by atomic mass is 10.1. The van der Waals surface area contributed by atoms with Crippen LogP contribution in [0.2, 0.25) is 0 Å². The summed E-state index contributed by atoms with van der Waals surface area (Å²) in [4.78, 5) is 18.8. The summed E-state index contributed by atoms with van der Waals surface area (Å²) >= 11 is 4.71. The van der Waals surface area contributed by atoms with Gasteiger partial charge in [0.2, 0.25) is 0 Å². The molecule has 0 saturated heterocycles. The van der Waals surface area contributed by atoms with Crippen LogP contribution in [0.5, 0.6) is 0 Å². The van der Waals surface area contributed by atoms with Crippen LogP contribution in [-0.2, 0) is 6.42 Å². The quantitative estimate of drug-likeness (QED) is 0.867. The predicted molar refractivity (Wildman–Crippen MR) is 92.3 cm³/mol. The smallest absolute Gasteiger partial charge is 0.269 e. The number of thiazole rings is 1. The number of hydrogen-bond donors (Lipinski definition) is 2. The van der Waals surface area contributed by atoms with Crippen LogP contribution in [0.25, 0.3) is 0 Å². The van der Waals surface area contributed by atoms with Crippen LogP contribution in [0.4, 0.5) is 16.6 Å². The van der Waals surface area contributed by atoms with Gasteiger partial charge in [0.05, 0.1) is 0 Å². The number of nitrogens with zero attached hydrogens (tertiary/aromatic N) is 2. The minimum absolute atomic E-state index is 0.227. The van der Waals surface area contributed by atoms with Crippen LogP contribution in [0.1, 0.15) is 22.2 Å². The van der Waals surface area contributed by atoms with Crippen molar-refractivity contribution in [3.63, 3.8) is 0 Å². The second kappa shape index (κ2) is 6.44. The van der Waals surface area contributed by atoms with Gasteiger partial charge in [0.15, 0.2) is 5.13 Å². The third kappa shape index (κ3) is 3.54. The number of nitrogens with one attached hydrogen (secondary N) is 1. The summed E-state index contributed by atoms with van der Waals surface area (Å²) in [5.74, 6) is 0.0338. The highest BCUT2D eigenvalue weighted by atomic mass is 79.9. The van der Waals surface area contributed by atoms with E-state index < -0.39 is 0 Å². The van der Waals surface area contributed by atoms with Gasteiger partial charge in [0, 0.05) is 24.3 Å². The Kier molecular flexibility index (Phi) is 4.84. The van der Waals surface area contributed by atoms with E-state index in [0.29, 0.717) is 10.0 Å². The molecule has 1 heterocycles. The average molecular weight is 369 g/mol. The molecule has 5 nitrogen and oxygen atoms in total. The number of halogens is 1. The zero-order valence-corrected chi connectivity index (χ0v) is 14.5. The first-order chi connectivity index (χ1) is 9.92. The van der Waals surface area contributed by atoms with Crippen molar-refractivity contribution in [3.8, 4) is 0 Å². The number of benzene rings is 1. The van der Waals surface area contributed by atoms with Crippen LogP contribution in [0.3, 0.4) is 0 Å². The lowest BCUT2D eigenvalue weighted by molar-refractivity contribution is 0.103. The van der Waals surface area contributed by atoms with E-state index in [2.05, 4.69) is 26.2 Å². The number of aromatic nitrogens is 1. The summed E-state index contributed by atoms with van der Waals surface area (Å²) < 4.78 is 0.990. The molecule has 0 aliphatic heterocycles. The van der Waals surface area contributed by atoms with Gasteiger partial charge in [-0.2, -0.15) is 0 Å². The van der Waals surface area contributed by atoms with Crippen molar-refractivity contribution in [2.75, 3.05) is 30.0 Å². The van der Waals surface area contributed by atoms with Gasteiger partial charge in [-0.3, -0.25) is 4.79 Å². The van der Waals surface area contributed by atoms with Gasteiger partial charge in [0.25, 0.3) is 5.91 Å². The van der Waals surface area contributed by atoms with Crippen LogP contribution in [0, 0.1) is 0 Å². The van der Waals surface area contributed by atoms with Crippen molar-refractivity contribution in [3.05, 3.63) is 33.1 Å². The number of hydrogen-bond acceptors (Lipinski definition) is 5. The average Bonchev–Trinajstić information content (AvgIpc) is 2.83. The molecular weight excluding hydrogens is 352 g/mol. The normalized spacial score (nSPS) is 10.5. The Morgan fingerprint density at radius 1 is 1.48 bits per heavy atom. The second-order valence-corrected chi connectivity index (χ2v) is 6.61. The largest absolute Gasteiger partial charge is 0.382 e. The first-order valence-electron chi connectivity index (χ1n) is 6.45. The van der Waals surface area contributed by atoms with Crippen LogP contribution in [0.15, 0.2) is 22.7 Å². The van der Waals surface area contributed by atoms with E-state index in [4.69, 9.17) is 5.73 Å². The Morgan fingerprint density at radius 3 is 2.76 bits per heavy atom. The summed E-state index contributed by atoms with van der Waals surface area (Å²) in [7, 11) is 3.73. The highest BCUT2D eigenvalue weighted by Gasteiger charge is 2.18. The maximum atomic E-state index is 12.4. The number of nitrogen functional groups attached to an aromatic ring is 1. The zero-order chi connectivity index (χ0) is 15.6. The van der Waals surface area contributed by atoms with E-state index in [-0.39, 0.29) is 11.7 Å². The Labute approximate surface area is 136 Å². The van der Waals surface area contributed by atoms with Crippen molar-refractivity contribution in [2.24, 2.45) is 0 Å². The summed E-state index contributed by atoms with van der Waals surface area (Å²) in [6.07, 6.45) is 0.830. The highest BCUT2D eigenvalue weighted by molar-refractivity contribution is 9.10. The van der Waals surface area contributed by atoms with E-state index in [1.165, 1.54) is 11.3 Å². The number of aryl methyl sites for hydroxylation is 1. The van der Waals surface area contributed by atoms with Gasteiger partial charge in [-0.15, -0.1) is 0 Å². The van der Waals surface area contributed by atoms with Crippen LogP contribution in [-0.4, -0.2) is 25.0 Å². The number of nitrogens with two attached hydrogens (primary N) is 1. The van der Waals surface area contributed by atoms with Gasteiger partial charge in [0.1, 0.15) is 10.7 Å². The van der Waals surface area contributed by atoms with Crippen molar-refractivity contribution >= 4 is 49.8 Å². The molecular formula is C14H17BrN4OS. The molecule has 0 aliphatic carbocycles. The van der Waals surface area contributed by atoms with Crippen molar-refractivity contribution in [1.82, 2.24) is 4.98 Å². The zero-order valence-electron chi connectivity index (χ0n) is 12.1. The molecule has 0 unspecified atom stereocenters. The molecule has 0 atom stereocenters. The lowest BCUT2D eigenvalue weighted by Gasteiger charge is -2.09. The molecule has 0 radical (unpaired) electrons. The molecule has 21 heavy (non-hydrogen) atoms. The number of anilines is 3. The maximum absolute atomic E-state index is 12.4. The molecule has 0 saturated carbocycles. The van der Waals surface area contributed by atoms with Crippen molar-refractivity contribution < 1.29 is 4.79 Å². The third-order valence-electron chi connectivity index (χ3n) is 2.93. The molecule has 0 fully saturated rings. The number of carbonyl (C=O) groups is 1. The fourth-order valence-electron chi connectivity index (χ4n) is 1.83. The van der Waals surface area contributed by atoms with E-state index in [9.17, 15) is 4.79 Å². The molecule has 0 aliphatic rings. The second-order valence-electron chi connectivity index (χ2n) is 4.71. The van der Waals surface area contributed by atoms with Crippen molar-refractivity contribution in [2.45, 2.75) is 13.3 Å². The first kappa shape index (κ1) is 15.8. The Morgan fingerprint density at radius 2 is 2.19 bits per heavy atom. The van der Waals surface area contributed by atoms with Gasteiger partial charge in [-0.25, -0.2) is 4.98 Å². The van der Waals surface area contributed by atoms with E-state index >= 15 is 0 Å². The summed E-state index contributed by atoms with van der Waals surface area (Å²) in [5.41, 5.74) is 7.69. The van der Waals surface area contributed by atoms with Gasteiger partial charge >= 0.3 is 0 Å². The summed E-state index contributed by atoms with van der Waals surface area (Å²) in [6, 6.07) is 5.78. The molecule has 1 amide bonds. The van der Waals surface area contributed by atoms with Gasteiger partial charge < -0.3 is 16.0 Å². The van der Waals surface area contributed by atoms with E-state index in [1.807, 2.05) is 44.1 Å². The SMILES string of the molecule is CCc1cc(Br)ccc1NC(=O)c1sc(N(C)C)nc1N. The predicted octanol–water partition coefficient (Wildman–Crippen LogP) is 3.37. The maximum Gasteiger partial charge on any atom is 0.269 e. The molecule has 112 valence electrons. The first-order valence-corrected chi connectivity index (χ1v) is 8.06. The summed E-state index contributed by atoms with van der Waals surface area (Å²) in [5, 5.41) is 3.62. The third-order valence-corrected chi connectivity index (χ3v) is 4.66. The topological polar surface area (TPSA) is 71.2 Å².